The Bertz CT molecular complexity index is 649. The summed E-state index contributed by atoms with van der Waals surface area (Å²) in [6.07, 6.45) is 2.38. The van der Waals surface area contributed by atoms with Gasteiger partial charge in [-0.15, -0.1) is 0 Å². The van der Waals surface area contributed by atoms with Gasteiger partial charge in [0.2, 0.25) is 5.91 Å². The number of carbonyl (C=O) groups is 1. The number of nitrogens with zero attached hydrogens (tertiary/aromatic N) is 3. The first-order valence-corrected chi connectivity index (χ1v) is 9.89. The van der Waals surface area contributed by atoms with Crippen molar-refractivity contribution < 1.29 is 4.79 Å². The standard InChI is InChI=1S/C19H27BrN4O/c1-3-21-18(24-12-10-23(11-13-24)15(2)25)22-14-19(8-9-19)16-6-4-5-7-17(16)20/h4-7H,3,8-14H2,1-2H3,(H,21,22). The SMILES string of the molecule is CCNC(=NCC1(c2ccccc2Br)CC1)N1CCN(C(C)=O)CC1. The molecule has 25 heavy (non-hydrogen) atoms. The highest BCUT2D eigenvalue weighted by atomic mass is 79.9. The molecule has 0 radical (unpaired) electrons. The van der Waals surface area contributed by atoms with Gasteiger partial charge in [-0.25, -0.2) is 0 Å². The summed E-state index contributed by atoms with van der Waals surface area (Å²) in [6, 6.07) is 8.50. The maximum absolute atomic E-state index is 11.5. The first-order chi connectivity index (χ1) is 12.1. The highest BCUT2D eigenvalue weighted by molar-refractivity contribution is 9.10. The number of carbonyl (C=O) groups excluding carboxylic acids is 1. The molecule has 1 amide bonds. The van der Waals surface area contributed by atoms with Gasteiger partial charge in [0.15, 0.2) is 5.96 Å². The third-order valence-electron chi connectivity index (χ3n) is 5.19. The lowest BCUT2D eigenvalue weighted by molar-refractivity contribution is -0.130. The molecule has 136 valence electrons. The van der Waals surface area contributed by atoms with Gasteiger partial charge in [-0.2, -0.15) is 0 Å². The van der Waals surface area contributed by atoms with E-state index in [9.17, 15) is 4.79 Å². The van der Waals surface area contributed by atoms with Crippen molar-refractivity contribution in [1.29, 1.82) is 0 Å². The minimum Gasteiger partial charge on any atom is -0.357 e. The van der Waals surface area contributed by atoms with Crippen LogP contribution >= 0.6 is 15.9 Å². The summed E-state index contributed by atoms with van der Waals surface area (Å²) in [5.41, 5.74) is 1.55. The molecule has 1 aromatic carbocycles. The molecule has 2 fully saturated rings. The summed E-state index contributed by atoms with van der Waals surface area (Å²) in [5.74, 6) is 1.14. The van der Waals surface area contributed by atoms with E-state index in [0.29, 0.717) is 0 Å². The molecule has 0 bridgehead atoms. The number of guanidine groups is 1. The monoisotopic (exact) mass is 406 g/mol. The van der Waals surface area contributed by atoms with Crippen molar-refractivity contribution in [3.8, 4) is 0 Å². The molecule has 1 N–H and O–H groups in total. The van der Waals surface area contributed by atoms with Gasteiger partial charge in [-0.1, -0.05) is 34.1 Å². The number of piperazine rings is 1. The third kappa shape index (κ3) is 4.17. The van der Waals surface area contributed by atoms with Crippen molar-refractivity contribution >= 4 is 27.8 Å². The van der Waals surface area contributed by atoms with E-state index in [0.717, 1.165) is 45.2 Å². The Hall–Kier alpha value is -1.56. The van der Waals surface area contributed by atoms with Crippen LogP contribution in [0.1, 0.15) is 32.3 Å². The summed E-state index contributed by atoms with van der Waals surface area (Å²) in [6.45, 7) is 8.63. The molecule has 2 aliphatic rings. The number of nitrogens with one attached hydrogen (secondary N) is 1. The van der Waals surface area contributed by atoms with Crippen LogP contribution in [0.4, 0.5) is 0 Å². The van der Waals surface area contributed by atoms with Gasteiger partial charge in [0.25, 0.3) is 0 Å². The van der Waals surface area contributed by atoms with E-state index < -0.39 is 0 Å². The van der Waals surface area contributed by atoms with Crippen molar-refractivity contribution in [3.63, 3.8) is 0 Å². The number of halogens is 1. The molecule has 1 heterocycles. The van der Waals surface area contributed by atoms with Gasteiger partial charge in [-0.05, 0) is 31.4 Å². The average Bonchev–Trinajstić information content (AvgIpc) is 3.40. The maximum Gasteiger partial charge on any atom is 0.219 e. The third-order valence-corrected chi connectivity index (χ3v) is 5.88. The number of benzene rings is 1. The molecule has 1 saturated heterocycles. The Morgan fingerprint density at radius 3 is 2.40 bits per heavy atom. The second kappa shape index (κ2) is 7.77. The van der Waals surface area contributed by atoms with Crippen LogP contribution < -0.4 is 5.32 Å². The number of amides is 1. The van der Waals surface area contributed by atoms with Gasteiger partial charge >= 0.3 is 0 Å². The second-order valence-corrected chi connectivity index (χ2v) is 7.78. The van der Waals surface area contributed by atoms with Gasteiger partial charge in [0.1, 0.15) is 0 Å². The van der Waals surface area contributed by atoms with Crippen LogP contribution in [0.15, 0.2) is 33.7 Å². The molecule has 1 saturated carbocycles. The molecule has 5 nitrogen and oxygen atoms in total. The Morgan fingerprint density at radius 2 is 1.84 bits per heavy atom. The summed E-state index contributed by atoms with van der Waals surface area (Å²) in [7, 11) is 0. The Balaban J connectivity index is 1.69. The fraction of sp³-hybridized carbons (Fsp3) is 0.579. The zero-order valence-corrected chi connectivity index (χ0v) is 16.7. The Kier molecular flexibility index (Phi) is 5.67. The fourth-order valence-corrected chi connectivity index (χ4v) is 4.15. The minimum atomic E-state index is 0.160. The van der Waals surface area contributed by atoms with Gasteiger partial charge in [0.05, 0.1) is 6.54 Å². The van der Waals surface area contributed by atoms with Crippen LogP contribution in [0.3, 0.4) is 0 Å². The number of aliphatic imine (C=N–C) groups is 1. The summed E-state index contributed by atoms with van der Waals surface area (Å²) >= 11 is 3.69. The molecule has 6 heteroatoms. The van der Waals surface area contributed by atoms with Crippen molar-refractivity contribution in [1.82, 2.24) is 15.1 Å². The van der Waals surface area contributed by atoms with Crippen LogP contribution in [0.5, 0.6) is 0 Å². The van der Waals surface area contributed by atoms with E-state index in [2.05, 4.69) is 57.3 Å². The van der Waals surface area contributed by atoms with Gasteiger partial charge in [-0.3, -0.25) is 9.79 Å². The largest absolute Gasteiger partial charge is 0.357 e. The molecule has 0 atom stereocenters. The average molecular weight is 407 g/mol. The molecule has 3 rings (SSSR count). The summed E-state index contributed by atoms with van der Waals surface area (Å²) in [5, 5.41) is 3.42. The molecule has 0 aromatic heterocycles. The number of rotatable bonds is 4. The van der Waals surface area contributed by atoms with E-state index in [4.69, 9.17) is 4.99 Å². The fourth-order valence-electron chi connectivity index (χ4n) is 3.44. The van der Waals surface area contributed by atoms with E-state index in [-0.39, 0.29) is 11.3 Å². The first kappa shape index (κ1) is 18.2. The highest BCUT2D eigenvalue weighted by Crippen LogP contribution is 2.50. The molecular formula is C19H27BrN4O. The molecule has 0 spiro atoms. The lowest BCUT2D eigenvalue weighted by Gasteiger charge is -2.36. The lowest BCUT2D eigenvalue weighted by Crippen LogP contribution is -2.53. The Labute approximate surface area is 158 Å². The summed E-state index contributed by atoms with van der Waals surface area (Å²) in [4.78, 5) is 20.7. The van der Waals surface area contributed by atoms with E-state index in [1.54, 1.807) is 6.92 Å². The van der Waals surface area contributed by atoms with Crippen LogP contribution in [-0.4, -0.2) is 60.9 Å². The van der Waals surface area contributed by atoms with Crippen molar-refractivity contribution in [3.05, 3.63) is 34.3 Å². The van der Waals surface area contributed by atoms with E-state index >= 15 is 0 Å². The zero-order chi connectivity index (χ0) is 17.9. The van der Waals surface area contributed by atoms with Crippen LogP contribution in [0.25, 0.3) is 0 Å². The molecular weight excluding hydrogens is 380 g/mol. The number of hydrogen-bond acceptors (Lipinski definition) is 2. The smallest absolute Gasteiger partial charge is 0.219 e. The van der Waals surface area contributed by atoms with Crippen LogP contribution in [0, 0.1) is 0 Å². The topological polar surface area (TPSA) is 47.9 Å². The van der Waals surface area contributed by atoms with Gasteiger partial charge in [0, 0.05) is 49.5 Å². The molecule has 1 aliphatic carbocycles. The van der Waals surface area contributed by atoms with E-state index in [1.807, 2.05) is 4.90 Å². The molecule has 0 unspecified atom stereocenters. The van der Waals surface area contributed by atoms with E-state index in [1.165, 1.54) is 22.9 Å². The Morgan fingerprint density at radius 1 is 1.20 bits per heavy atom. The normalized spacial score (nSPS) is 19.7. The lowest BCUT2D eigenvalue weighted by atomic mass is 9.96. The number of hydrogen-bond donors (Lipinski definition) is 1. The maximum atomic E-state index is 11.5. The second-order valence-electron chi connectivity index (χ2n) is 6.92. The van der Waals surface area contributed by atoms with Crippen molar-refractivity contribution in [2.75, 3.05) is 39.3 Å². The zero-order valence-electron chi connectivity index (χ0n) is 15.1. The van der Waals surface area contributed by atoms with Crippen LogP contribution in [-0.2, 0) is 10.2 Å². The minimum absolute atomic E-state index is 0.160. The predicted octanol–water partition coefficient (Wildman–Crippen LogP) is 2.61. The summed E-state index contributed by atoms with van der Waals surface area (Å²) < 4.78 is 1.18. The van der Waals surface area contributed by atoms with Crippen LogP contribution in [0.2, 0.25) is 0 Å². The first-order valence-electron chi connectivity index (χ1n) is 9.09. The quantitative estimate of drug-likeness (QED) is 0.617. The molecule has 1 aromatic rings. The van der Waals surface area contributed by atoms with Crippen molar-refractivity contribution in [2.45, 2.75) is 32.1 Å². The van der Waals surface area contributed by atoms with Crippen molar-refractivity contribution in [2.24, 2.45) is 4.99 Å². The molecule has 1 aliphatic heterocycles. The predicted molar refractivity (Wildman–Crippen MR) is 105 cm³/mol. The highest BCUT2D eigenvalue weighted by Gasteiger charge is 2.45. The van der Waals surface area contributed by atoms with Gasteiger partial charge < -0.3 is 15.1 Å².